The average molecular weight is 389 g/mol. The number of esters is 1. The Bertz CT molecular complexity index is 988. The van der Waals surface area contributed by atoms with Gasteiger partial charge in [0.1, 0.15) is 5.82 Å². The molecule has 0 saturated heterocycles. The van der Waals surface area contributed by atoms with E-state index in [9.17, 15) is 22.4 Å². The van der Waals surface area contributed by atoms with Crippen LogP contribution in [-0.4, -0.2) is 38.7 Å². The van der Waals surface area contributed by atoms with Crippen molar-refractivity contribution >= 4 is 27.4 Å². The Morgan fingerprint density at radius 2 is 1.85 bits per heavy atom. The number of carbonyl (C=O) groups is 2. The Balaban J connectivity index is 1.76. The highest BCUT2D eigenvalue weighted by Gasteiger charge is 2.31. The van der Waals surface area contributed by atoms with Crippen LogP contribution in [0.5, 0.6) is 0 Å². The second kappa shape index (κ2) is 7.71. The average Bonchev–Trinajstić information content (AvgIpc) is 3.00. The molecule has 0 fully saturated rings. The topological polar surface area (TPSA) is 80.8 Å². The first-order valence-electron chi connectivity index (χ1n) is 8.06. The zero-order valence-corrected chi connectivity index (χ0v) is 14.9. The van der Waals surface area contributed by atoms with Crippen molar-refractivity contribution in [2.45, 2.75) is 6.04 Å². The quantitative estimate of drug-likeness (QED) is 0.733. The highest BCUT2D eigenvalue weighted by molar-refractivity contribution is 7.94. The zero-order valence-electron chi connectivity index (χ0n) is 14.1. The molecule has 1 amide bonds. The van der Waals surface area contributed by atoms with E-state index in [-0.39, 0.29) is 11.3 Å². The highest BCUT2D eigenvalue weighted by Crippen LogP contribution is 2.23. The Kier molecular flexibility index (Phi) is 5.36. The number of halogens is 1. The van der Waals surface area contributed by atoms with Crippen molar-refractivity contribution in [1.82, 2.24) is 0 Å². The number of ether oxygens (including phenoxy) is 1. The van der Waals surface area contributed by atoms with Gasteiger partial charge in [0.15, 0.2) is 16.4 Å². The summed E-state index contributed by atoms with van der Waals surface area (Å²) in [6.07, 6.45) is 1.43. The summed E-state index contributed by atoms with van der Waals surface area (Å²) >= 11 is 0. The molecule has 8 heteroatoms. The van der Waals surface area contributed by atoms with Crippen LogP contribution in [0, 0.1) is 5.82 Å². The summed E-state index contributed by atoms with van der Waals surface area (Å²) < 4.78 is 41.7. The molecular formula is C19H16FNO5S. The van der Waals surface area contributed by atoms with Crippen molar-refractivity contribution in [3.8, 4) is 0 Å². The number of carbonyl (C=O) groups excluding carboxylic acids is 2. The molecular weight excluding hydrogens is 373 g/mol. The van der Waals surface area contributed by atoms with Crippen LogP contribution in [-0.2, 0) is 19.4 Å². The lowest BCUT2D eigenvalue weighted by molar-refractivity contribution is -0.121. The number of benzene rings is 2. The Hall–Kier alpha value is -3.00. The van der Waals surface area contributed by atoms with E-state index < -0.39 is 40.2 Å². The first kappa shape index (κ1) is 18.8. The van der Waals surface area contributed by atoms with Gasteiger partial charge in [-0.1, -0.05) is 24.3 Å². The van der Waals surface area contributed by atoms with Gasteiger partial charge in [0.2, 0.25) is 0 Å². The maximum atomic E-state index is 13.2. The molecule has 0 spiro atoms. The highest BCUT2D eigenvalue weighted by atomic mass is 32.2. The summed E-state index contributed by atoms with van der Waals surface area (Å²) in [6, 6.07) is 12.7. The molecule has 0 aromatic heterocycles. The summed E-state index contributed by atoms with van der Waals surface area (Å²) in [5, 5.41) is 1.07. The third-order valence-corrected chi connectivity index (χ3v) is 5.31. The number of hydrogen-bond acceptors (Lipinski definition) is 5. The van der Waals surface area contributed by atoms with Gasteiger partial charge in [-0.05, 0) is 36.4 Å². The van der Waals surface area contributed by atoms with Gasteiger partial charge in [-0.3, -0.25) is 4.79 Å². The number of rotatable bonds is 5. The molecule has 1 aliphatic heterocycles. The van der Waals surface area contributed by atoms with Crippen LogP contribution in [0.25, 0.3) is 0 Å². The largest absolute Gasteiger partial charge is 0.452 e. The standard InChI is InChI=1S/C19H16FNO5S/c20-15-6-4-5-14(11-15)19(23)26-12-18(22)21(16-7-2-1-3-8-16)17-9-10-27(24,25)13-17/h1-11,17H,12-13H2/t17-/m0/s1. The van der Waals surface area contributed by atoms with E-state index in [0.717, 1.165) is 11.5 Å². The maximum Gasteiger partial charge on any atom is 0.338 e. The van der Waals surface area contributed by atoms with Crippen molar-refractivity contribution in [1.29, 1.82) is 0 Å². The normalized spacial score (nSPS) is 17.4. The third kappa shape index (κ3) is 4.59. The first-order valence-corrected chi connectivity index (χ1v) is 9.78. The van der Waals surface area contributed by atoms with Crippen LogP contribution in [0.3, 0.4) is 0 Å². The van der Waals surface area contributed by atoms with Crippen molar-refractivity contribution in [3.63, 3.8) is 0 Å². The molecule has 0 saturated carbocycles. The van der Waals surface area contributed by atoms with Crippen LogP contribution in [0.4, 0.5) is 10.1 Å². The third-order valence-electron chi connectivity index (χ3n) is 3.93. The van der Waals surface area contributed by atoms with Crippen LogP contribution < -0.4 is 4.90 Å². The monoisotopic (exact) mass is 389 g/mol. The fourth-order valence-electron chi connectivity index (χ4n) is 2.72. The summed E-state index contributed by atoms with van der Waals surface area (Å²) in [5.41, 5.74) is 0.466. The molecule has 2 aromatic rings. The van der Waals surface area contributed by atoms with Crippen LogP contribution >= 0.6 is 0 Å². The molecule has 3 rings (SSSR count). The number of para-hydroxylation sites is 1. The van der Waals surface area contributed by atoms with E-state index in [1.165, 1.54) is 29.2 Å². The Morgan fingerprint density at radius 1 is 1.11 bits per heavy atom. The van der Waals surface area contributed by atoms with Gasteiger partial charge in [-0.2, -0.15) is 0 Å². The predicted molar refractivity (Wildman–Crippen MR) is 97.3 cm³/mol. The fraction of sp³-hybridized carbons (Fsp3) is 0.158. The van der Waals surface area contributed by atoms with Gasteiger partial charge < -0.3 is 9.64 Å². The van der Waals surface area contributed by atoms with Gasteiger partial charge in [0, 0.05) is 11.1 Å². The van der Waals surface area contributed by atoms with E-state index in [1.807, 2.05) is 0 Å². The maximum absolute atomic E-state index is 13.2. The predicted octanol–water partition coefficient (Wildman–Crippen LogP) is 2.33. The minimum absolute atomic E-state index is 0.0163. The van der Waals surface area contributed by atoms with Gasteiger partial charge in [-0.25, -0.2) is 17.6 Å². The fourth-order valence-corrected chi connectivity index (χ4v) is 3.99. The van der Waals surface area contributed by atoms with Crippen molar-refractivity contribution in [3.05, 3.63) is 77.5 Å². The van der Waals surface area contributed by atoms with Crippen molar-refractivity contribution in [2.24, 2.45) is 0 Å². The number of hydrogen-bond donors (Lipinski definition) is 0. The first-order chi connectivity index (χ1) is 12.9. The number of amides is 1. The molecule has 0 radical (unpaired) electrons. The summed E-state index contributed by atoms with van der Waals surface area (Å²) in [6.45, 7) is -0.603. The minimum Gasteiger partial charge on any atom is -0.452 e. The lowest BCUT2D eigenvalue weighted by Gasteiger charge is -2.27. The smallest absolute Gasteiger partial charge is 0.338 e. The van der Waals surface area contributed by atoms with Gasteiger partial charge in [-0.15, -0.1) is 0 Å². The Labute approximate surface area is 155 Å². The molecule has 0 N–H and O–H groups in total. The van der Waals surface area contributed by atoms with Crippen molar-refractivity contribution < 1.29 is 27.1 Å². The summed E-state index contributed by atoms with van der Waals surface area (Å²) in [5.74, 6) is -2.27. The lowest BCUT2D eigenvalue weighted by atomic mass is 10.2. The van der Waals surface area contributed by atoms with Crippen LogP contribution in [0.15, 0.2) is 66.1 Å². The molecule has 0 aliphatic carbocycles. The Morgan fingerprint density at radius 3 is 2.48 bits per heavy atom. The summed E-state index contributed by atoms with van der Waals surface area (Å²) in [7, 11) is -3.38. The molecule has 0 bridgehead atoms. The van der Waals surface area contributed by atoms with E-state index in [2.05, 4.69) is 0 Å². The lowest BCUT2D eigenvalue weighted by Crippen LogP contribution is -2.43. The van der Waals surface area contributed by atoms with Crippen LogP contribution in [0.1, 0.15) is 10.4 Å². The molecule has 27 heavy (non-hydrogen) atoms. The molecule has 140 valence electrons. The summed E-state index contributed by atoms with van der Waals surface area (Å²) in [4.78, 5) is 26.0. The van der Waals surface area contributed by atoms with Crippen molar-refractivity contribution in [2.75, 3.05) is 17.3 Å². The van der Waals surface area contributed by atoms with E-state index in [4.69, 9.17) is 4.74 Å². The van der Waals surface area contributed by atoms with E-state index in [0.29, 0.717) is 5.69 Å². The van der Waals surface area contributed by atoms with E-state index in [1.54, 1.807) is 30.3 Å². The number of sulfone groups is 1. The van der Waals surface area contributed by atoms with Gasteiger partial charge >= 0.3 is 5.97 Å². The van der Waals surface area contributed by atoms with Gasteiger partial charge in [0.05, 0.1) is 17.4 Å². The molecule has 0 unspecified atom stereocenters. The molecule has 6 nitrogen and oxygen atoms in total. The molecule has 2 aromatic carbocycles. The van der Waals surface area contributed by atoms with Gasteiger partial charge in [0.25, 0.3) is 5.91 Å². The molecule has 1 atom stereocenters. The molecule has 1 aliphatic rings. The second-order valence-electron chi connectivity index (χ2n) is 5.91. The van der Waals surface area contributed by atoms with Crippen LogP contribution in [0.2, 0.25) is 0 Å². The number of nitrogens with zero attached hydrogens (tertiary/aromatic N) is 1. The second-order valence-corrected chi connectivity index (χ2v) is 7.84. The molecule has 1 heterocycles. The zero-order chi connectivity index (χ0) is 19.4. The minimum atomic E-state index is -3.38. The van der Waals surface area contributed by atoms with E-state index >= 15 is 0 Å². The number of anilines is 1. The SMILES string of the molecule is O=C(OCC(=O)N(c1ccccc1)[C@H]1C=CS(=O)(=O)C1)c1cccc(F)c1.